The van der Waals surface area contributed by atoms with E-state index < -0.39 is 0 Å². The Morgan fingerprint density at radius 1 is 1.38 bits per heavy atom. The number of hydrogen-bond donors (Lipinski definition) is 2. The minimum atomic E-state index is -0.148. The van der Waals surface area contributed by atoms with Crippen LogP contribution in [-0.2, 0) is 6.54 Å². The van der Waals surface area contributed by atoms with Gasteiger partial charge in [0.25, 0.3) is 5.56 Å². The van der Waals surface area contributed by atoms with Gasteiger partial charge in [-0.1, -0.05) is 0 Å². The second-order valence-corrected chi connectivity index (χ2v) is 3.43. The lowest BCUT2D eigenvalue weighted by atomic mass is 10.3. The number of nitrogens with zero attached hydrogens (tertiary/aromatic N) is 2. The minimum Gasteiger partial charge on any atom is -0.366 e. The third-order valence-electron chi connectivity index (χ3n) is 2.08. The predicted octanol–water partition coefficient (Wildman–Crippen LogP) is 1.09. The second-order valence-electron chi connectivity index (χ2n) is 3.43. The highest BCUT2D eigenvalue weighted by atomic mass is 16.1. The van der Waals surface area contributed by atoms with E-state index in [1.807, 2.05) is 12.1 Å². The molecule has 0 aliphatic rings. The zero-order valence-corrected chi connectivity index (χ0v) is 8.90. The maximum absolute atomic E-state index is 11.2. The van der Waals surface area contributed by atoms with E-state index in [0.29, 0.717) is 18.2 Å². The molecule has 0 spiro atoms. The summed E-state index contributed by atoms with van der Waals surface area (Å²) in [4.78, 5) is 21.9. The molecule has 16 heavy (non-hydrogen) atoms. The van der Waals surface area contributed by atoms with Crippen molar-refractivity contribution in [3.8, 4) is 0 Å². The fourth-order valence-electron chi connectivity index (χ4n) is 1.36. The Bertz CT molecular complexity index is 521. The number of aryl methyl sites for hydroxylation is 1. The average Bonchev–Trinajstić information content (AvgIpc) is 2.27. The minimum absolute atomic E-state index is 0.148. The molecule has 2 aromatic rings. The molecule has 82 valence electrons. The third-order valence-corrected chi connectivity index (χ3v) is 2.08. The molecule has 0 atom stereocenters. The molecule has 0 radical (unpaired) electrons. The molecule has 2 aromatic heterocycles. The maximum Gasteiger partial charge on any atom is 0.252 e. The van der Waals surface area contributed by atoms with E-state index in [1.54, 1.807) is 19.3 Å². The Morgan fingerprint density at radius 2 is 2.12 bits per heavy atom. The highest BCUT2D eigenvalue weighted by Crippen LogP contribution is 2.02. The van der Waals surface area contributed by atoms with Gasteiger partial charge in [-0.2, -0.15) is 0 Å². The van der Waals surface area contributed by atoms with Gasteiger partial charge in [-0.3, -0.25) is 9.78 Å². The Balaban J connectivity index is 2.08. The Labute approximate surface area is 92.6 Å². The van der Waals surface area contributed by atoms with Crippen LogP contribution in [0.15, 0.2) is 35.4 Å². The lowest BCUT2D eigenvalue weighted by Crippen LogP contribution is -2.11. The van der Waals surface area contributed by atoms with Crippen molar-refractivity contribution in [2.75, 3.05) is 5.32 Å². The van der Waals surface area contributed by atoms with Gasteiger partial charge < -0.3 is 10.3 Å². The van der Waals surface area contributed by atoms with E-state index >= 15 is 0 Å². The fraction of sp³-hybridized carbons (Fsp3) is 0.182. The number of aromatic nitrogens is 3. The lowest BCUT2D eigenvalue weighted by molar-refractivity contribution is 0.996. The molecule has 0 aliphatic carbocycles. The first-order chi connectivity index (χ1) is 7.74. The molecule has 0 amide bonds. The summed E-state index contributed by atoms with van der Waals surface area (Å²) < 4.78 is 0. The van der Waals surface area contributed by atoms with E-state index in [2.05, 4.69) is 20.3 Å². The number of aromatic amines is 1. The van der Waals surface area contributed by atoms with E-state index in [9.17, 15) is 4.79 Å². The van der Waals surface area contributed by atoms with Crippen LogP contribution in [0.3, 0.4) is 0 Å². The van der Waals surface area contributed by atoms with Crippen LogP contribution in [0.1, 0.15) is 11.4 Å². The summed E-state index contributed by atoms with van der Waals surface area (Å²) in [6.45, 7) is 2.37. The molecule has 0 bridgehead atoms. The molecule has 2 N–H and O–H groups in total. The highest BCUT2D eigenvalue weighted by molar-refractivity contribution is 5.34. The first kappa shape index (κ1) is 10.4. The first-order valence-corrected chi connectivity index (χ1v) is 4.95. The lowest BCUT2D eigenvalue weighted by Gasteiger charge is -2.05. The van der Waals surface area contributed by atoms with Gasteiger partial charge in [0.1, 0.15) is 11.6 Å². The molecule has 0 aliphatic heterocycles. The normalized spacial score (nSPS) is 10.1. The quantitative estimate of drug-likeness (QED) is 0.805. The largest absolute Gasteiger partial charge is 0.366 e. The number of hydrogen-bond acceptors (Lipinski definition) is 4. The zero-order chi connectivity index (χ0) is 11.4. The summed E-state index contributed by atoms with van der Waals surface area (Å²) in [5, 5.41) is 3.08. The van der Waals surface area contributed by atoms with E-state index in [1.165, 1.54) is 6.07 Å². The molecule has 0 saturated carbocycles. The maximum atomic E-state index is 11.2. The SMILES string of the molecule is Cc1nc(NCc2ccncc2)cc(=O)[nH]1. The van der Waals surface area contributed by atoms with Gasteiger partial charge in [0, 0.05) is 25.0 Å². The van der Waals surface area contributed by atoms with Crippen molar-refractivity contribution < 1.29 is 0 Å². The average molecular weight is 216 g/mol. The van der Waals surface area contributed by atoms with Crippen molar-refractivity contribution >= 4 is 5.82 Å². The van der Waals surface area contributed by atoms with Gasteiger partial charge in [-0.15, -0.1) is 0 Å². The van der Waals surface area contributed by atoms with E-state index in [-0.39, 0.29) is 5.56 Å². The molecule has 5 nitrogen and oxygen atoms in total. The van der Waals surface area contributed by atoms with Crippen LogP contribution in [0, 0.1) is 6.92 Å². The summed E-state index contributed by atoms with van der Waals surface area (Å²) in [6, 6.07) is 5.26. The fourth-order valence-corrected chi connectivity index (χ4v) is 1.36. The van der Waals surface area contributed by atoms with Crippen LogP contribution in [-0.4, -0.2) is 15.0 Å². The topological polar surface area (TPSA) is 70.7 Å². The van der Waals surface area contributed by atoms with Crippen LogP contribution >= 0.6 is 0 Å². The highest BCUT2D eigenvalue weighted by Gasteiger charge is 1.97. The molecular formula is C11H12N4O. The predicted molar refractivity (Wildman–Crippen MR) is 61.2 cm³/mol. The smallest absolute Gasteiger partial charge is 0.252 e. The van der Waals surface area contributed by atoms with Crippen molar-refractivity contribution in [1.29, 1.82) is 0 Å². The zero-order valence-electron chi connectivity index (χ0n) is 8.90. The summed E-state index contributed by atoms with van der Waals surface area (Å²) >= 11 is 0. The Hall–Kier alpha value is -2.17. The van der Waals surface area contributed by atoms with Crippen molar-refractivity contribution in [1.82, 2.24) is 15.0 Å². The molecule has 5 heteroatoms. The van der Waals surface area contributed by atoms with E-state index in [0.717, 1.165) is 5.56 Å². The van der Waals surface area contributed by atoms with Crippen molar-refractivity contribution in [3.63, 3.8) is 0 Å². The van der Waals surface area contributed by atoms with Crippen molar-refractivity contribution in [3.05, 3.63) is 52.3 Å². The van der Waals surface area contributed by atoms with Gasteiger partial charge in [0.05, 0.1) is 0 Å². The van der Waals surface area contributed by atoms with Crippen LogP contribution in [0.2, 0.25) is 0 Å². The van der Waals surface area contributed by atoms with Crippen molar-refractivity contribution in [2.24, 2.45) is 0 Å². The number of rotatable bonds is 3. The molecule has 2 heterocycles. The van der Waals surface area contributed by atoms with Gasteiger partial charge in [-0.25, -0.2) is 4.98 Å². The number of anilines is 1. The van der Waals surface area contributed by atoms with Gasteiger partial charge >= 0.3 is 0 Å². The standard InChI is InChI=1S/C11H12N4O/c1-8-14-10(6-11(16)15-8)13-7-9-2-4-12-5-3-9/h2-6H,7H2,1H3,(H2,13,14,15,16). The monoisotopic (exact) mass is 216 g/mol. The third kappa shape index (κ3) is 2.66. The molecule has 0 fully saturated rings. The van der Waals surface area contributed by atoms with Gasteiger partial charge in [-0.05, 0) is 24.6 Å². The van der Waals surface area contributed by atoms with Crippen LogP contribution < -0.4 is 10.9 Å². The summed E-state index contributed by atoms with van der Waals surface area (Å²) in [7, 11) is 0. The summed E-state index contributed by atoms with van der Waals surface area (Å²) in [5.41, 5.74) is 0.944. The number of H-pyrrole nitrogens is 1. The van der Waals surface area contributed by atoms with E-state index in [4.69, 9.17) is 0 Å². The Morgan fingerprint density at radius 3 is 2.81 bits per heavy atom. The summed E-state index contributed by atoms with van der Waals surface area (Å²) in [5.74, 6) is 1.18. The van der Waals surface area contributed by atoms with Crippen LogP contribution in [0.4, 0.5) is 5.82 Å². The first-order valence-electron chi connectivity index (χ1n) is 4.95. The number of nitrogens with one attached hydrogen (secondary N) is 2. The Kier molecular flexibility index (Phi) is 2.95. The van der Waals surface area contributed by atoms with Crippen LogP contribution in [0.25, 0.3) is 0 Å². The molecular weight excluding hydrogens is 204 g/mol. The number of pyridine rings is 1. The molecule has 0 saturated heterocycles. The van der Waals surface area contributed by atoms with Gasteiger partial charge in [0.2, 0.25) is 0 Å². The van der Waals surface area contributed by atoms with Crippen LogP contribution in [0.5, 0.6) is 0 Å². The molecule has 2 rings (SSSR count). The summed E-state index contributed by atoms with van der Waals surface area (Å²) in [6.07, 6.45) is 3.46. The van der Waals surface area contributed by atoms with Crippen molar-refractivity contribution in [2.45, 2.75) is 13.5 Å². The molecule has 0 unspecified atom stereocenters. The molecule has 0 aromatic carbocycles. The van der Waals surface area contributed by atoms with Gasteiger partial charge in [0.15, 0.2) is 0 Å². The second kappa shape index (κ2) is 4.57.